The lowest BCUT2D eigenvalue weighted by Gasteiger charge is -2.27. The average molecular weight is 252 g/mol. The second-order valence-electron chi connectivity index (χ2n) is 5.36. The van der Waals surface area contributed by atoms with Gasteiger partial charge in [0.25, 0.3) is 0 Å². The minimum Gasteiger partial charge on any atom is -0.359 e. The Morgan fingerprint density at radius 1 is 1.35 bits per heavy atom. The van der Waals surface area contributed by atoms with Crippen molar-refractivity contribution in [3.8, 4) is 0 Å². The second-order valence-corrected chi connectivity index (χ2v) is 6.39. The summed E-state index contributed by atoms with van der Waals surface area (Å²) in [4.78, 5) is 4.39. The topological polar surface area (TPSA) is 24.9 Å². The van der Waals surface area contributed by atoms with Crippen LogP contribution in [0.5, 0.6) is 0 Å². The molecule has 0 spiro atoms. The van der Waals surface area contributed by atoms with E-state index in [-0.39, 0.29) is 11.2 Å². The zero-order valence-corrected chi connectivity index (χ0v) is 11.4. The third-order valence-corrected chi connectivity index (χ3v) is 3.96. The molecule has 0 aliphatic heterocycles. The fourth-order valence-corrected chi connectivity index (χ4v) is 2.30. The van der Waals surface area contributed by atoms with Gasteiger partial charge in [-0.15, -0.1) is 0 Å². The molecule has 2 nitrogen and oxygen atoms in total. The van der Waals surface area contributed by atoms with Crippen molar-refractivity contribution in [3.05, 3.63) is 24.0 Å². The lowest BCUT2D eigenvalue weighted by Crippen LogP contribution is -2.30. The number of nitrogens with zero attached hydrogens (tertiary/aromatic N) is 1. The standard InChI is InChI=1S/C13H17FN2S/c1-8(13(2,3)4)15-12-16-10-7-9(14)5-6-11(10)17-12/h5-8H,1-4H3,(H,15,16). The third kappa shape index (κ3) is 2.75. The Morgan fingerprint density at radius 2 is 2.06 bits per heavy atom. The third-order valence-electron chi connectivity index (χ3n) is 2.99. The van der Waals surface area contributed by atoms with Gasteiger partial charge < -0.3 is 5.32 Å². The van der Waals surface area contributed by atoms with Gasteiger partial charge in [0, 0.05) is 12.1 Å². The highest BCUT2D eigenvalue weighted by atomic mass is 32.1. The molecular formula is C13H17FN2S. The molecule has 4 heteroatoms. The number of nitrogens with one attached hydrogen (secondary N) is 1. The van der Waals surface area contributed by atoms with Crippen molar-refractivity contribution in [2.24, 2.45) is 5.41 Å². The summed E-state index contributed by atoms with van der Waals surface area (Å²) < 4.78 is 14.1. The van der Waals surface area contributed by atoms with Crippen LogP contribution in [0.3, 0.4) is 0 Å². The largest absolute Gasteiger partial charge is 0.359 e. The molecule has 2 rings (SSSR count). The zero-order valence-electron chi connectivity index (χ0n) is 10.5. The molecule has 1 aromatic heterocycles. The number of hydrogen-bond donors (Lipinski definition) is 1. The molecule has 1 heterocycles. The Labute approximate surface area is 105 Å². The molecule has 0 radical (unpaired) electrons. The number of rotatable bonds is 2. The lowest BCUT2D eigenvalue weighted by molar-refractivity contribution is 0.359. The molecule has 0 aliphatic rings. The summed E-state index contributed by atoms with van der Waals surface area (Å²) in [5.41, 5.74) is 0.891. The highest BCUT2D eigenvalue weighted by Gasteiger charge is 2.20. The highest BCUT2D eigenvalue weighted by molar-refractivity contribution is 7.22. The van der Waals surface area contributed by atoms with Gasteiger partial charge in [0.15, 0.2) is 5.13 Å². The van der Waals surface area contributed by atoms with Gasteiger partial charge in [-0.2, -0.15) is 0 Å². The molecule has 0 bridgehead atoms. The van der Waals surface area contributed by atoms with Crippen LogP contribution in [0, 0.1) is 11.2 Å². The minimum atomic E-state index is -0.238. The van der Waals surface area contributed by atoms with E-state index in [1.807, 2.05) is 0 Å². The zero-order chi connectivity index (χ0) is 12.6. The van der Waals surface area contributed by atoms with Crippen molar-refractivity contribution < 1.29 is 4.39 Å². The molecule has 0 saturated carbocycles. The predicted molar refractivity (Wildman–Crippen MR) is 72.1 cm³/mol. The molecule has 17 heavy (non-hydrogen) atoms. The fourth-order valence-electron chi connectivity index (χ4n) is 1.36. The number of thiazole rings is 1. The van der Waals surface area contributed by atoms with Gasteiger partial charge in [0.05, 0.1) is 10.2 Å². The van der Waals surface area contributed by atoms with E-state index >= 15 is 0 Å². The summed E-state index contributed by atoms with van der Waals surface area (Å²) in [5, 5.41) is 4.23. The summed E-state index contributed by atoms with van der Waals surface area (Å²) in [5.74, 6) is -0.238. The summed E-state index contributed by atoms with van der Waals surface area (Å²) >= 11 is 1.56. The van der Waals surface area contributed by atoms with E-state index in [1.165, 1.54) is 12.1 Å². The maximum atomic E-state index is 13.0. The smallest absolute Gasteiger partial charge is 0.184 e. The van der Waals surface area contributed by atoms with E-state index in [1.54, 1.807) is 17.4 Å². The number of aromatic nitrogens is 1. The van der Waals surface area contributed by atoms with E-state index in [4.69, 9.17) is 0 Å². The second kappa shape index (κ2) is 4.26. The Balaban J connectivity index is 2.25. The van der Waals surface area contributed by atoms with Crippen LogP contribution in [0.2, 0.25) is 0 Å². The molecule has 1 aromatic carbocycles. The lowest BCUT2D eigenvalue weighted by atomic mass is 9.88. The van der Waals surface area contributed by atoms with Crippen LogP contribution in [0.25, 0.3) is 10.2 Å². The van der Waals surface area contributed by atoms with Gasteiger partial charge >= 0.3 is 0 Å². The number of fused-ring (bicyclic) bond motifs is 1. The molecule has 2 aromatic rings. The molecule has 0 saturated heterocycles. The first kappa shape index (κ1) is 12.3. The molecule has 1 unspecified atom stereocenters. The summed E-state index contributed by atoms with van der Waals surface area (Å²) in [7, 11) is 0. The maximum Gasteiger partial charge on any atom is 0.184 e. The van der Waals surface area contributed by atoms with Crippen molar-refractivity contribution >= 4 is 26.7 Å². The number of anilines is 1. The van der Waals surface area contributed by atoms with Crippen LogP contribution in [-0.2, 0) is 0 Å². The fraction of sp³-hybridized carbons (Fsp3) is 0.462. The number of halogens is 1. The van der Waals surface area contributed by atoms with Gasteiger partial charge in [0.2, 0.25) is 0 Å². The summed E-state index contributed by atoms with van der Waals surface area (Å²) in [6, 6.07) is 5.03. The van der Waals surface area contributed by atoms with Crippen molar-refractivity contribution in [1.82, 2.24) is 4.98 Å². The SMILES string of the molecule is CC(Nc1nc2cc(F)ccc2s1)C(C)(C)C. The van der Waals surface area contributed by atoms with E-state index < -0.39 is 0 Å². The molecule has 1 N–H and O–H groups in total. The number of benzene rings is 1. The van der Waals surface area contributed by atoms with Crippen LogP contribution < -0.4 is 5.32 Å². The Kier molecular flexibility index (Phi) is 3.08. The summed E-state index contributed by atoms with van der Waals surface area (Å²) in [6.45, 7) is 8.67. The van der Waals surface area contributed by atoms with Crippen LogP contribution in [0.1, 0.15) is 27.7 Å². The van der Waals surface area contributed by atoms with Crippen molar-refractivity contribution in [3.63, 3.8) is 0 Å². The van der Waals surface area contributed by atoms with Crippen LogP contribution in [-0.4, -0.2) is 11.0 Å². The molecule has 0 fully saturated rings. The van der Waals surface area contributed by atoms with Crippen molar-refractivity contribution in [2.75, 3.05) is 5.32 Å². The van der Waals surface area contributed by atoms with Crippen LogP contribution in [0.4, 0.5) is 9.52 Å². The maximum absolute atomic E-state index is 13.0. The van der Waals surface area contributed by atoms with Crippen LogP contribution >= 0.6 is 11.3 Å². The van der Waals surface area contributed by atoms with Crippen molar-refractivity contribution in [1.29, 1.82) is 0 Å². The molecule has 92 valence electrons. The van der Waals surface area contributed by atoms with Gasteiger partial charge in [-0.1, -0.05) is 32.1 Å². The first-order valence-corrected chi connectivity index (χ1v) is 6.50. The quantitative estimate of drug-likeness (QED) is 0.862. The molecule has 0 amide bonds. The predicted octanol–water partition coefficient (Wildman–Crippen LogP) is 4.28. The van der Waals surface area contributed by atoms with E-state index in [0.717, 1.165) is 15.3 Å². The Bertz CT molecular complexity index is 528. The van der Waals surface area contributed by atoms with Crippen molar-refractivity contribution in [2.45, 2.75) is 33.7 Å². The normalized spacial score (nSPS) is 13.9. The molecule has 1 atom stereocenters. The van der Waals surface area contributed by atoms with E-state index in [2.05, 4.69) is 38.0 Å². The molecular weight excluding hydrogens is 235 g/mol. The molecule has 0 aliphatic carbocycles. The van der Waals surface area contributed by atoms with Gasteiger partial charge in [-0.25, -0.2) is 9.37 Å². The summed E-state index contributed by atoms with van der Waals surface area (Å²) in [6.07, 6.45) is 0. The van der Waals surface area contributed by atoms with Crippen LogP contribution in [0.15, 0.2) is 18.2 Å². The first-order valence-electron chi connectivity index (χ1n) is 5.69. The monoisotopic (exact) mass is 252 g/mol. The van der Waals surface area contributed by atoms with E-state index in [0.29, 0.717) is 6.04 Å². The average Bonchev–Trinajstić information content (AvgIpc) is 2.57. The Morgan fingerprint density at radius 3 is 2.71 bits per heavy atom. The van der Waals surface area contributed by atoms with Gasteiger partial charge in [-0.05, 0) is 24.5 Å². The number of hydrogen-bond acceptors (Lipinski definition) is 3. The highest BCUT2D eigenvalue weighted by Crippen LogP contribution is 2.29. The van der Waals surface area contributed by atoms with E-state index in [9.17, 15) is 4.39 Å². The Hall–Kier alpha value is -1.16. The minimum absolute atomic E-state index is 0.170. The van der Waals surface area contributed by atoms with Gasteiger partial charge in [-0.3, -0.25) is 0 Å². The first-order chi connectivity index (χ1) is 7.86. The van der Waals surface area contributed by atoms with Gasteiger partial charge in [0.1, 0.15) is 5.82 Å².